The van der Waals surface area contributed by atoms with E-state index < -0.39 is 5.82 Å². The number of rotatable bonds is 4. The monoisotopic (exact) mass is 299 g/mol. The smallest absolute Gasteiger partial charge is 0.142 e. The highest BCUT2D eigenvalue weighted by Gasteiger charge is 2.14. The van der Waals surface area contributed by atoms with Gasteiger partial charge in [-0.25, -0.2) is 4.39 Å². The van der Waals surface area contributed by atoms with Gasteiger partial charge in [-0.3, -0.25) is 16.3 Å². The summed E-state index contributed by atoms with van der Waals surface area (Å²) in [5.41, 5.74) is 4.24. The van der Waals surface area contributed by atoms with Gasteiger partial charge in [0.2, 0.25) is 0 Å². The van der Waals surface area contributed by atoms with Crippen LogP contribution in [-0.2, 0) is 6.42 Å². The normalized spacial score (nSPS) is 12.4. The summed E-state index contributed by atoms with van der Waals surface area (Å²) in [5, 5.41) is 0.638. The molecule has 0 saturated carbocycles. The zero-order valence-corrected chi connectivity index (χ0v) is 11.4. The molecule has 2 rings (SSSR count). The van der Waals surface area contributed by atoms with Gasteiger partial charge >= 0.3 is 0 Å². The van der Waals surface area contributed by atoms with E-state index in [4.69, 9.17) is 29.0 Å². The van der Waals surface area contributed by atoms with Crippen molar-refractivity contribution in [1.29, 1.82) is 0 Å². The van der Waals surface area contributed by atoms with Gasteiger partial charge in [0.15, 0.2) is 0 Å². The fraction of sp³-hybridized carbons (Fsp3) is 0.154. The number of pyridine rings is 1. The van der Waals surface area contributed by atoms with Crippen molar-refractivity contribution in [2.75, 3.05) is 0 Å². The number of benzene rings is 1. The minimum absolute atomic E-state index is 0.0847. The second-order valence-electron chi connectivity index (χ2n) is 4.06. The van der Waals surface area contributed by atoms with E-state index in [9.17, 15) is 4.39 Å². The number of hydrogen-bond acceptors (Lipinski definition) is 3. The number of aromatic nitrogens is 1. The van der Waals surface area contributed by atoms with Crippen molar-refractivity contribution in [2.45, 2.75) is 12.5 Å². The molecule has 0 amide bonds. The highest BCUT2D eigenvalue weighted by atomic mass is 35.5. The van der Waals surface area contributed by atoms with Gasteiger partial charge in [0.25, 0.3) is 0 Å². The summed E-state index contributed by atoms with van der Waals surface area (Å²) in [6.45, 7) is 0. The first-order chi connectivity index (χ1) is 9.11. The first kappa shape index (κ1) is 14.2. The lowest BCUT2D eigenvalue weighted by molar-refractivity contribution is 0.544. The average Bonchev–Trinajstić information content (AvgIpc) is 2.41. The molecule has 0 spiro atoms. The Labute approximate surface area is 120 Å². The molecule has 1 heterocycles. The van der Waals surface area contributed by atoms with E-state index in [0.29, 0.717) is 17.0 Å². The molecule has 0 fully saturated rings. The Morgan fingerprint density at radius 2 is 2.05 bits per heavy atom. The molecular weight excluding hydrogens is 288 g/mol. The third-order valence-corrected chi connectivity index (χ3v) is 3.47. The van der Waals surface area contributed by atoms with Crippen LogP contribution in [0, 0.1) is 5.82 Å². The number of nitrogens with two attached hydrogens (primary N) is 1. The molecule has 19 heavy (non-hydrogen) atoms. The highest BCUT2D eigenvalue weighted by Crippen LogP contribution is 2.25. The third kappa shape index (κ3) is 3.42. The molecule has 1 aromatic heterocycles. The van der Waals surface area contributed by atoms with E-state index in [2.05, 4.69) is 10.4 Å². The van der Waals surface area contributed by atoms with Gasteiger partial charge in [0.05, 0.1) is 16.1 Å². The minimum Gasteiger partial charge on any atom is -0.271 e. The van der Waals surface area contributed by atoms with Crippen LogP contribution in [0.3, 0.4) is 0 Å². The molecule has 100 valence electrons. The molecular formula is C13H12Cl2FN3. The molecule has 1 aromatic carbocycles. The van der Waals surface area contributed by atoms with Gasteiger partial charge < -0.3 is 0 Å². The summed E-state index contributed by atoms with van der Waals surface area (Å²) in [5.74, 6) is 5.05. The van der Waals surface area contributed by atoms with E-state index in [0.717, 1.165) is 5.56 Å². The maximum atomic E-state index is 13.5. The Hall–Kier alpha value is -1.20. The third-order valence-electron chi connectivity index (χ3n) is 2.83. The van der Waals surface area contributed by atoms with Crippen molar-refractivity contribution in [3.63, 3.8) is 0 Å². The van der Waals surface area contributed by atoms with Crippen molar-refractivity contribution in [1.82, 2.24) is 10.4 Å². The van der Waals surface area contributed by atoms with Gasteiger partial charge in [-0.1, -0.05) is 29.3 Å². The molecule has 6 heteroatoms. The molecule has 2 aromatic rings. The Morgan fingerprint density at radius 3 is 2.68 bits per heavy atom. The Kier molecular flexibility index (Phi) is 4.71. The second-order valence-corrected chi connectivity index (χ2v) is 4.88. The fourth-order valence-electron chi connectivity index (χ4n) is 1.79. The van der Waals surface area contributed by atoms with E-state index in [1.807, 2.05) is 0 Å². The Bertz CT molecular complexity index is 578. The SMILES string of the molecule is NNC(Cc1ccncc1Cl)c1ccc(Cl)c(F)c1. The van der Waals surface area contributed by atoms with Crippen LogP contribution < -0.4 is 11.3 Å². The summed E-state index contributed by atoms with van der Waals surface area (Å²) in [6, 6.07) is 6.14. The van der Waals surface area contributed by atoms with Crippen LogP contribution in [0.5, 0.6) is 0 Å². The lowest BCUT2D eigenvalue weighted by Crippen LogP contribution is -2.29. The molecule has 0 aliphatic carbocycles. The summed E-state index contributed by atoms with van der Waals surface area (Å²) >= 11 is 11.7. The highest BCUT2D eigenvalue weighted by molar-refractivity contribution is 6.31. The minimum atomic E-state index is -0.472. The summed E-state index contributed by atoms with van der Waals surface area (Å²) in [7, 11) is 0. The number of hydrazine groups is 1. The first-order valence-electron chi connectivity index (χ1n) is 5.61. The van der Waals surface area contributed by atoms with Crippen LogP contribution in [0.2, 0.25) is 10.0 Å². The van der Waals surface area contributed by atoms with E-state index in [1.54, 1.807) is 24.5 Å². The zero-order chi connectivity index (χ0) is 13.8. The van der Waals surface area contributed by atoms with Crippen molar-refractivity contribution in [3.05, 3.63) is 63.6 Å². The summed E-state index contributed by atoms with van der Waals surface area (Å²) in [4.78, 5) is 3.92. The molecule has 0 aliphatic heterocycles. The van der Waals surface area contributed by atoms with Crippen LogP contribution in [0.15, 0.2) is 36.7 Å². The quantitative estimate of drug-likeness (QED) is 0.673. The topological polar surface area (TPSA) is 50.9 Å². The maximum Gasteiger partial charge on any atom is 0.142 e. The molecule has 1 atom stereocenters. The van der Waals surface area contributed by atoms with Crippen LogP contribution in [-0.4, -0.2) is 4.98 Å². The first-order valence-corrected chi connectivity index (χ1v) is 6.37. The molecule has 3 N–H and O–H groups in total. The van der Waals surface area contributed by atoms with Crippen LogP contribution in [0.1, 0.15) is 17.2 Å². The van der Waals surface area contributed by atoms with Gasteiger partial charge in [0.1, 0.15) is 5.82 Å². The molecule has 0 radical (unpaired) electrons. The molecule has 0 aliphatic rings. The molecule has 0 bridgehead atoms. The van der Waals surface area contributed by atoms with Crippen molar-refractivity contribution >= 4 is 23.2 Å². The molecule has 0 saturated heterocycles. The van der Waals surface area contributed by atoms with Crippen molar-refractivity contribution < 1.29 is 4.39 Å². The van der Waals surface area contributed by atoms with Crippen LogP contribution in [0.25, 0.3) is 0 Å². The van der Waals surface area contributed by atoms with Gasteiger partial charge in [-0.2, -0.15) is 0 Å². The lowest BCUT2D eigenvalue weighted by atomic mass is 10.00. The van der Waals surface area contributed by atoms with Gasteiger partial charge in [-0.05, 0) is 35.7 Å². The van der Waals surface area contributed by atoms with E-state index in [1.165, 1.54) is 12.1 Å². The lowest BCUT2D eigenvalue weighted by Gasteiger charge is -2.17. The predicted octanol–water partition coefficient (Wildman–Crippen LogP) is 3.27. The van der Waals surface area contributed by atoms with Gasteiger partial charge in [-0.15, -0.1) is 0 Å². The number of halogens is 3. The zero-order valence-electron chi connectivity index (χ0n) is 9.91. The summed E-state index contributed by atoms with van der Waals surface area (Å²) < 4.78 is 13.5. The average molecular weight is 300 g/mol. The summed E-state index contributed by atoms with van der Waals surface area (Å²) in [6.07, 6.45) is 3.74. The number of nitrogens with zero attached hydrogens (tertiary/aromatic N) is 1. The molecule has 3 nitrogen and oxygen atoms in total. The largest absolute Gasteiger partial charge is 0.271 e. The standard InChI is InChI=1S/C13H12Cl2FN3/c14-10-2-1-9(5-12(10)16)13(19-17)6-8-3-4-18-7-11(8)15/h1-5,7,13,19H,6,17H2. The second kappa shape index (κ2) is 6.30. The van der Waals surface area contributed by atoms with Crippen molar-refractivity contribution in [2.24, 2.45) is 5.84 Å². The van der Waals surface area contributed by atoms with Crippen LogP contribution >= 0.6 is 23.2 Å². The predicted molar refractivity (Wildman–Crippen MR) is 74.4 cm³/mol. The van der Waals surface area contributed by atoms with Crippen molar-refractivity contribution in [3.8, 4) is 0 Å². The Balaban J connectivity index is 2.25. The van der Waals surface area contributed by atoms with Gasteiger partial charge in [0, 0.05) is 12.4 Å². The Morgan fingerprint density at radius 1 is 1.26 bits per heavy atom. The van der Waals surface area contributed by atoms with E-state index in [-0.39, 0.29) is 11.1 Å². The molecule has 1 unspecified atom stereocenters. The van der Waals surface area contributed by atoms with E-state index >= 15 is 0 Å². The number of nitrogens with one attached hydrogen (secondary N) is 1. The number of hydrogen-bond donors (Lipinski definition) is 2. The maximum absolute atomic E-state index is 13.5. The van der Waals surface area contributed by atoms with Crippen LogP contribution in [0.4, 0.5) is 4.39 Å². The fourth-order valence-corrected chi connectivity index (χ4v) is 2.11.